The molecule has 0 fully saturated rings. The van der Waals surface area contributed by atoms with Crippen LogP contribution in [0.15, 0.2) is 29.7 Å². The average molecular weight is 318 g/mol. The predicted molar refractivity (Wildman–Crippen MR) is 86.8 cm³/mol. The van der Waals surface area contributed by atoms with Gasteiger partial charge in [-0.15, -0.1) is 0 Å². The number of carbonyl (C=O) groups excluding carboxylic acids is 2. The summed E-state index contributed by atoms with van der Waals surface area (Å²) in [6, 6.07) is 5.97. The minimum absolute atomic E-state index is 0.0522. The molecule has 2 rings (SSSR count). The molecule has 0 amide bonds. The van der Waals surface area contributed by atoms with Crippen LogP contribution in [0.25, 0.3) is 0 Å². The molecule has 1 N–H and O–H groups in total. The van der Waals surface area contributed by atoms with Crippen molar-refractivity contribution >= 4 is 17.4 Å². The van der Waals surface area contributed by atoms with Gasteiger partial charge in [-0.2, -0.15) is 0 Å². The summed E-state index contributed by atoms with van der Waals surface area (Å²) in [7, 11) is 4.02. The second-order valence-electron chi connectivity index (χ2n) is 5.65. The number of rotatable bonds is 6. The van der Waals surface area contributed by atoms with E-state index in [9.17, 15) is 9.59 Å². The lowest BCUT2D eigenvalue weighted by atomic mass is 10.1. The Morgan fingerprint density at radius 2 is 2.13 bits per heavy atom. The van der Waals surface area contributed by atoms with Gasteiger partial charge in [-0.25, -0.2) is 4.79 Å². The standard InChI is InChI=1S/C17H22N2O4/c1-5-22-17(21)15-14(20)10-23-16(15)18-13-7-6-12(8-11(13)2)9-19(3)4/h6-8,18H,5,9-10H2,1-4H3. The number of Topliss-reactive ketones (excluding diaryl/α,β-unsaturated/α-hetero) is 1. The largest absolute Gasteiger partial charge is 0.470 e. The number of esters is 1. The normalized spacial score (nSPS) is 14.2. The molecule has 0 aromatic heterocycles. The fourth-order valence-corrected chi connectivity index (χ4v) is 2.37. The minimum Gasteiger partial charge on any atom is -0.470 e. The van der Waals surface area contributed by atoms with E-state index >= 15 is 0 Å². The van der Waals surface area contributed by atoms with E-state index in [0.29, 0.717) is 0 Å². The zero-order valence-corrected chi connectivity index (χ0v) is 13.9. The lowest BCUT2D eigenvalue weighted by Crippen LogP contribution is -2.16. The molecule has 1 aromatic carbocycles. The molecule has 1 heterocycles. The maximum absolute atomic E-state index is 11.9. The lowest BCUT2D eigenvalue weighted by molar-refractivity contribution is -0.139. The summed E-state index contributed by atoms with van der Waals surface area (Å²) in [5.74, 6) is -0.857. The molecule has 0 bridgehead atoms. The Kier molecular flexibility index (Phi) is 5.39. The van der Waals surface area contributed by atoms with E-state index < -0.39 is 5.97 Å². The van der Waals surface area contributed by atoms with Crippen molar-refractivity contribution in [1.82, 2.24) is 4.90 Å². The van der Waals surface area contributed by atoms with Crippen LogP contribution in [0, 0.1) is 6.92 Å². The van der Waals surface area contributed by atoms with Gasteiger partial charge in [-0.3, -0.25) is 4.79 Å². The van der Waals surface area contributed by atoms with Crippen LogP contribution in [0.4, 0.5) is 5.69 Å². The summed E-state index contributed by atoms with van der Waals surface area (Å²) < 4.78 is 10.2. The Morgan fingerprint density at radius 1 is 1.39 bits per heavy atom. The number of nitrogens with one attached hydrogen (secondary N) is 1. The number of benzene rings is 1. The summed E-state index contributed by atoms with van der Waals surface area (Å²) in [6.45, 7) is 4.56. The van der Waals surface area contributed by atoms with E-state index in [0.717, 1.165) is 17.8 Å². The van der Waals surface area contributed by atoms with E-state index in [1.54, 1.807) is 6.92 Å². The highest BCUT2D eigenvalue weighted by Gasteiger charge is 2.32. The first kappa shape index (κ1) is 17.0. The molecule has 0 radical (unpaired) electrons. The number of hydrogen-bond donors (Lipinski definition) is 1. The van der Waals surface area contributed by atoms with Crippen molar-refractivity contribution in [1.29, 1.82) is 0 Å². The molecule has 0 spiro atoms. The average Bonchev–Trinajstić information content (AvgIpc) is 2.82. The molecule has 0 saturated heterocycles. The molecule has 124 valence electrons. The van der Waals surface area contributed by atoms with Crippen molar-refractivity contribution in [2.45, 2.75) is 20.4 Å². The van der Waals surface area contributed by atoms with Crippen molar-refractivity contribution in [3.05, 3.63) is 40.8 Å². The second-order valence-corrected chi connectivity index (χ2v) is 5.65. The number of nitrogens with zero attached hydrogens (tertiary/aromatic N) is 1. The van der Waals surface area contributed by atoms with E-state index in [2.05, 4.69) is 16.3 Å². The van der Waals surface area contributed by atoms with Crippen molar-refractivity contribution < 1.29 is 19.1 Å². The van der Waals surface area contributed by atoms with Crippen LogP contribution < -0.4 is 5.32 Å². The zero-order valence-electron chi connectivity index (χ0n) is 13.9. The second kappa shape index (κ2) is 7.28. The van der Waals surface area contributed by atoms with Gasteiger partial charge in [0.1, 0.15) is 0 Å². The first-order valence-electron chi connectivity index (χ1n) is 7.51. The Morgan fingerprint density at radius 3 is 2.74 bits per heavy atom. The molecule has 23 heavy (non-hydrogen) atoms. The molecule has 0 unspecified atom stereocenters. The number of aryl methyl sites for hydroxylation is 1. The molecule has 1 aromatic rings. The molecule has 6 heteroatoms. The molecule has 6 nitrogen and oxygen atoms in total. The van der Waals surface area contributed by atoms with Gasteiger partial charge in [-0.1, -0.05) is 12.1 Å². The Labute approximate surface area is 136 Å². The van der Waals surface area contributed by atoms with Crippen LogP contribution in [0.3, 0.4) is 0 Å². The Hall–Kier alpha value is -2.34. The lowest BCUT2D eigenvalue weighted by Gasteiger charge is -2.14. The van der Waals surface area contributed by atoms with Crippen molar-refractivity contribution in [2.75, 3.05) is 32.6 Å². The van der Waals surface area contributed by atoms with Gasteiger partial charge in [0, 0.05) is 12.2 Å². The number of hydrogen-bond acceptors (Lipinski definition) is 6. The highest BCUT2D eigenvalue weighted by atomic mass is 16.5. The minimum atomic E-state index is -0.653. The monoisotopic (exact) mass is 318 g/mol. The Bertz CT molecular complexity index is 650. The molecule has 0 saturated carbocycles. The van der Waals surface area contributed by atoms with Crippen molar-refractivity contribution in [2.24, 2.45) is 0 Å². The van der Waals surface area contributed by atoms with Gasteiger partial charge in [0.05, 0.1) is 6.61 Å². The van der Waals surface area contributed by atoms with Crippen LogP contribution in [-0.2, 0) is 25.6 Å². The molecule has 0 aliphatic carbocycles. The number of carbonyl (C=O) groups is 2. The van der Waals surface area contributed by atoms with Crippen molar-refractivity contribution in [3.8, 4) is 0 Å². The number of anilines is 1. The van der Waals surface area contributed by atoms with E-state index in [-0.39, 0.29) is 30.5 Å². The predicted octanol–water partition coefficient (Wildman–Crippen LogP) is 1.84. The number of ketones is 1. The quantitative estimate of drug-likeness (QED) is 0.638. The SMILES string of the molecule is CCOC(=O)C1=C(Nc2ccc(CN(C)C)cc2C)OCC1=O. The molecule has 1 aliphatic rings. The van der Waals surface area contributed by atoms with E-state index in [4.69, 9.17) is 9.47 Å². The van der Waals surface area contributed by atoms with Gasteiger partial charge < -0.3 is 19.7 Å². The highest BCUT2D eigenvalue weighted by Crippen LogP contribution is 2.24. The van der Waals surface area contributed by atoms with Gasteiger partial charge in [0.2, 0.25) is 11.7 Å². The van der Waals surface area contributed by atoms with Crippen LogP contribution in [0.2, 0.25) is 0 Å². The first-order chi connectivity index (χ1) is 10.9. The zero-order chi connectivity index (χ0) is 17.0. The van der Waals surface area contributed by atoms with Crippen LogP contribution >= 0.6 is 0 Å². The summed E-state index contributed by atoms with van der Waals surface area (Å²) in [5, 5.41) is 3.03. The summed E-state index contributed by atoms with van der Waals surface area (Å²) >= 11 is 0. The van der Waals surface area contributed by atoms with E-state index in [1.807, 2.05) is 33.2 Å². The van der Waals surface area contributed by atoms with E-state index in [1.165, 1.54) is 5.56 Å². The van der Waals surface area contributed by atoms with Gasteiger partial charge in [0.25, 0.3) is 0 Å². The molecular weight excluding hydrogens is 296 g/mol. The molecule has 1 aliphatic heterocycles. The van der Waals surface area contributed by atoms with Crippen LogP contribution in [0.1, 0.15) is 18.1 Å². The third kappa shape index (κ3) is 4.10. The maximum Gasteiger partial charge on any atom is 0.347 e. The number of ether oxygens (including phenoxy) is 2. The Balaban J connectivity index is 2.23. The third-order valence-corrected chi connectivity index (χ3v) is 3.37. The third-order valence-electron chi connectivity index (χ3n) is 3.37. The summed E-state index contributed by atoms with van der Waals surface area (Å²) in [6.07, 6.45) is 0. The van der Waals surface area contributed by atoms with Crippen LogP contribution in [-0.4, -0.2) is 44.0 Å². The van der Waals surface area contributed by atoms with Gasteiger partial charge >= 0.3 is 5.97 Å². The smallest absolute Gasteiger partial charge is 0.347 e. The highest BCUT2D eigenvalue weighted by molar-refractivity contribution is 6.19. The van der Waals surface area contributed by atoms with Gasteiger partial charge in [0.15, 0.2) is 12.2 Å². The summed E-state index contributed by atoms with van der Waals surface area (Å²) in [5.41, 5.74) is 2.92. The topological polar surface area (TPSA) is 67.9 Å². The molecule has 0 atom stereocenters. The van der Waals surface area contributed by atoms with Gasteiger partial charge in [-0.05, 0) is 45.1 Å². The summed E-state index contributed by atoms with van der Waals surface area (Å²) in [4.78, 5) is 25.8. The first-order valence-corrected chi connectivity index (χ1v) is 7.51. The van der Waals surface area contributed by atoms with Crippen molar-refractivity contribution in [3.63, 3.8) is 0 Å². The van der Waals surface area contributed by atoms with Crippen LogP contribution in [0.5, 0.6) is 0 Å². The fourth-order valence-electron chi connectivity index (χ4n) is 2.37. The molecular formula is C17H22N2O4. The maximum atomic E-state index is 11.9. The fraction of sp³-hybridized carbons (Fsp3) is 0.412.